The van der Waals surface area contributed by atoms with Gasteiger partial charge in [-0.2, -0.15) is 0 Å². The van der Waals surface area contributed by atoms with Gasteiger partial charge in [0.2, 0.25) is 0 Å². The van der Waals surface area contributed by atoms with E-state index in [9.17, 15) is 43.2 Å². The van der Waals surface area contributed by atoms with Crippen molar-refractivity contribution < 1.29 is 80.2 Å². The van der Waals surface area contributed by atoms with Gasteiger partial charge < -0.3 is 33.8 Å². The average Bonchev–Trinajstić information content (AvgIpc) is 3.68. The largest absolute Gasteiger partial charge is 0.472 e. The van der Waals surface area contributed by atoms with E-state index in [0.29, 0.717) is 31.6 Å². The highest BCUT2D eigenvalue weighted by Crippen LogP contribution is 2.45. The molecule has 19 heteroatoms. The number of unbranched alkanes of at least 4 members (excludes halogenated alkanes) is 36. The minimum atomic E-state index is -4.96. The molecule has 3 N–H and O–H groups in total. The van der Waals surface area contributed by atoms with Crippen LogP contribution in [-0.4, -0.2) is 96.7 Å². The van der Waals surface area contributed by atoms with Gasteiger partial charge in [-0.05, 0) is 49.4 Å². The predicted molar refractivity (Wildman–Crippen MR) is 381 cm³/mol. The molecule has 7 atom stereocenters. The Morgan fingerprint density at radius 2 is 0.511 bits per heavy atom. The molecule has 0 aromatic rings. The van der Waals surface area contributed by atoms with E-state index in [-0.39, 0.29) is 25.7 Å². The zero-order valence-electron chi connectivity index (χ0n) is 61.6. The molecule has 0 aliphatic heterocycles. The fourth-order valence-corrected chi connectivity index (χ4v) is 12.9. The molecule has 0 aliphatic rings. The molecular weight excluding hydrogens is 1230 g/mol. The Morgan fingerprint density at radius 1 is 0.298 bits per heavy atom. The van der Waals surface area contributed by atoms with Crippen molar-refractivity contribution in [1.82, 2.24) is 0 Å². The Balaban J connectivity index is 5.17. The third-order valence-corrected chi connectivity index (χ3v) is 19.9. The molecule has 17 nitrogen and oxygen atoms in total. The lowest BCUT2D eigenvalue weighted by atomic mass is 9.99. The molecule has 0 aromatic heterocycles. The number of aliphatic hydroxyl groups is 1. The van der Waals surface area contributed by atoms with E-state index in [1.54, 1.807) is 0 Å². The van der Waals surface area contributed by atoms with Gasteiger partial charge in [0.1, 0.15) is 19.3 Å². The summed E-state index contributed by atoms with van der Waals surface area (Å²) in [6.45, 7) is 14.1. The van der Waals surface area contributed by atoms with E-state index >= 15 is 0 Å². The summed E-state index contributed by atoms with van der Waals surface area (Å²) in [6.07, 6.45) is 48.8. The second-order valence-corrected chi connectivity index (χ2v) is 31.4. The lowest BCUT2D eigenvalue weighted by Gasteiger charge is -2.21. The van der Waals surface area contributed by atoms with Crippen LogP contribution in [0.3, 0.4) is 0 Å². The number of carbonyl (C=O) groups excluding carboxylic acids is 4. The molecule has 0 aromatic carbocycles. The maximum atomic E-state index is 13.1. The van der Waals surface area contributed by atoms with Gasteiger partial charge in [-0.3, -0.25) is 37.3 Å². The molecule has 0 amide bonds. The number of phosphoric acid groups is 2. The zero-order chi connectivity index (χ0) is 69.6. The first-order valence-electron chi connectivity index (χ1n) is 38.8. The Hall–Kier alpha value is -1.94. The number of carbonyl (C=O) groups is 4. The second kappa shape index (κ2) is 64.4. The lowest BCUT2D eigenvalue weighted by molar-refractivity contribution is -0.161. The molecule has 0 aliphatic carbocycles. The van der Waals surface area contributed by atoms with Crippen LogP contribution in [0.25, 0.3) is 0 Å². The molecule has 0 bridgehead atoms. The summed E-state index contributed by atoms with van der Waals surface area (Å²) >= 11 is 0. The van der Waals surface area contributed by atoms with Gasteiger partial charge in [-0.15, -0.1) is 0 Å². The molecule has 0 spiro atoms. The first-order valence-corrected chi connectivity index (χ1v) is 41.8. The predicted octanol–water partition coefficient (Wildman–Crippen LogP) is 21.7. The van der Waals surface area contributed by atoms with Crippen molar-refractivity contribution in [3.05, 3.63) is 0 Å². The van der Waals surface area contributed by atoms with Crippen LogP contribution in [0, 0.1) is 23.7 Å². The molecule has 0 saturated carbocycles. The van der Waals surface area contributed by atoms with Crippen molar-refractivity contribution in [2.45, 2.75) is 395 Å². The zero-order valence-corrected chi connectivity index (χ0v) is 63.4. The Kier molecular flexibility index (Phi) is 63.1. The van der Waals surface area contributed by atoms with Crippen molar-refractivity contribution in [3.8, 4) is 0 Å². The van der Waals surface area contributed by atoms with Crippen molar-refractivity contribution >= 4 is 39.5 Å². The molecule has 0 fully saturated rings. The summed E-state index contributed by atoms with van der Waals surface area (Å²) in [6, 6.07) is 0. The maximum absolute atomic E-state index is 13.1. The third-order valence-electron chi connectivity index (χ3n) is 18.0. The van der Waals surface area contributed by atoms with E-state index in [1.165, 1.54) is 173 Å². The monoisotopic (exact) mass is 1380 g/mol. The first-order chi connectivity index (χ1) is 45.2. The van der Waals surface area contributed by atoms with Crippen LogP contribution in [0.5, 0.6) is 0 Å². The number of rotatable bonds is 72. The Bertz CT molecular complexity index is 1850. The van der Waals surface area contributed by atoms with Crippen LogP contribution < -0.4 is 0 Å². The third kappa shape index (κ3) is 66.0. The topological polar surface area (TPSA) is 237 Å². The van der Waals surface area contributed by atoms with Gasteiger partial charge in [-0.25, -0.2) is 9.13 Å². The van der Waals surface area contributed by atoms with Crippen molar-refractivity contribution in [3.63, 3.8) is 0 Å². The van der Waals surface area contributed by atoms with Crippen molar-refractivity contribution in [1.29, 1.82) is 0 Å². The summed E-state index contributed by atoms with van der Waals surface area (Å²) in [5.41, 5.74) is 0. The smallest absolute Gasteiger partial charge is 0.462 e. The van der Waals surface area contributed by atoms with E-state index in [1.807, 2.05) is 0 Å². The highest BCUT2D eigenvalue weighted by Gasteiger charge is 2.30. The minimum Gasteiger partial charge on any atom is -0.462 e. The molecule has 0 radical (unpaired) electrons. The van der Waals surface area contributed by atoms with Crippen LogP contribution in [-0.2, 0) is 65.4 Å². The molecule has 0 rings (SSSR count). The quantitative estimate of drug-likeness (QED) is 0.0222. The highest BCUT2D eigenvalue weighted by atomic mass is 31.2. The Labute approximate surface area is 575 Å². The van der Waals surface area contributed by atoms with Gasteiger partial charge >= 0.3 is 39.5 Å². The molecular formula is C75H146O17P2. The van der Waals surface area contributed by atoms with Gasteiger partial charge in [0.05, 0.1) is 26.4 Å². The van der Waals surface area contributed by atoms with E-state index in [0.717, 1.165) is 114 Å². The number of hydrogen-bond acceptors (Lipinski definition) is 15. The average molecular weight is 1380 g/mol. The normalized spacial score (nSPS) is 14.7. The summed E-state index contributed by atoms with van der Waals surface area (Å²) in [5.74, 6) is 0.912. The molecule has 0 saturated heterocycles. The number of aliphatic hydroxyl groups excluding tert-OH is 1. The number of phosphoric ester groups is 2. The molecule has 5 unspecified atom stereocenters. The minimum absolute atomic E-state index is 0.102. The SMILES string of the molecule is CCC(C)CCCCCCCCCCCCCCCCCCCCC(=O)O[C@H](COC(=O)CCCCCCCCCCCC(C)C)COP(=O)(O)OCC(O)COP(=O)(O)OC[C@@H](COC(=O)CCCCCCCCCC(C)C)OC(=O)CCCCCCCCC(C)CC. The van der Waals surface area contributed by atoms with Crippen LogP contribution in [0.15, 0.2) is 0 Å². The molecule has 0 heterocycles. The molecule has 94 heavy (non-hydrogen) atoms. The second-order valence-electron chi connectivity index (χ2n) is 28.5. The number of hydrogen-bond donors (Lipinski definition) is 3. The van der Waals surface area contributed by atoms with Crippen LogP contribution in [0.1, 0.15) is 376 Å². The fourth-order valence-electron chi connectivity index (χ4n) is 11.3. The van der Waals surface area contributed by atoms with Gasteiger partial charge in [-0.1, -0.05) is 325 Å². The van der Waals surface area contributed by atoms with E-state index in [4.69, 9.17) is 37.0 Å². The van der Waals surface area contributed by atoms with Gasteiger partial charge in [0.15, 0.2) is 12.2 Å². The summed E-state index contributed by atoms with van der Waals surface area (Å²) < 4.78 is 68.4. The maximum Gasteiger partial charge on any atom is 0.472 e. The van der Waals surface area contributed by atoms with Crippen molar-refractivity contribution in [2.75, 3.05) is 39.6 Å². The van der Waals surface area contributed by atoms with Crippen LogP contribution >= 0.6 is 15.6 Å². The van der Waals surface area contributed by atoms with E-state index in [2.05, 4.69) is 55.4 Å². The highest BCUT2D eigenvalue weighted by molar-refractivity contribution is 7.47. The summed E-state index contributed by atoms with van der Waals surface area (Å²) in [5, 5.41) is 10.6. The Morgan fingerprint density at radius 3 is 0.755 bits per heavy atom. The standard InChI is InChI=1S/C75H146O17P2/c1-9-67(7)53-45-37-29-23-19-17-15-13-11-12-14-16-18-20-24-31-41-49-57-74(79)91-70(61-85-72(77)55-47-39-30-25-21-22-27-35-43-51-65(3)4)63-89-93(81,82)87-59-69(76)60-88-94(83,84)90-64-71(92-75(80)58-50-42-34-33-38-46-54-68(8)10-2)62-86-73(78)56-48-40-32-26-28-36-44-52-66(5)6/h65-71,76H,9-64H2,1-8H3,(H,81,82)(H,83,84)/t67?,68?,69?,70-,71-/m1/s1. The number of esters is 4. The summed E-state index contributed by atoms with van der Waals surface area (Å²) in [7, 11) is -9.91. The van der Waals surface area contributed by atoms with E-state index < -0.39 is 97.5 Å². The molecule has 558 valence electrons. The fraction of sp³-hybridized carbons (Fsp3) is 0.947. The van der Waals surface area contributed by atoms with Crippen LogP contribution in [0.4, 0.5) is 0 Å². The van der Waals surface area contributed by atoms with Gasteiger partial charge in [0, 0.05) is 25.7 Å². The number of ether oxygens (including phenoxy) is 4. The van der Waals surface area contributed by atoms with Crippen molar-refractivity contribution in [2.24, 2.45) is 23.7 Å². The lowest BCUT2D eigenvalue weighted by Crippen LogP contribution is -2.30. The first kappa shape index (κ1) is 92.1. The van der Waals surface area contributed by atoms with Crippen LogP contribution in [0.2, 0.25) is 0 Å². The van der Waals surface area contributed by atoms with Gasteiger partial charge in [0.25, 0.3) is 0 Å². The summed E-state index contributed by atoms with van der Waals surface area (Å²) in [4.78, 5) is 72.7.